The standard InChI is InChI=1S/C19H19FN4O/c1-14-12-23-18(24(14)13-15-5-7-16(20)8-6-15)9-11-22-19(25)17-4-2-3-10-21-17/h2-8,10,12H,9,11,13H2,1H3,(H,22,25). The predicted octanol–water partition coefficient (Wildman–Crippen LogP) is 2.75. The fourth-order valence-corrected chi connectivity index (χ4v) is 2.57. The topological polar surface area (TPSA) is 59.8 Å². The number of nitrogens with zero attached hydrogens (tertiary/aromatic N) is 3. The molecule has 1 amide bonds. The van der Waals surface area contributed by atoms with E-state index in [1.807, 2.05) is 6.92 Å². The number of benzene rings is 1. The molecular weight excluding hydrogens is 319 g/mol. The first-order valence-electron chi connectivity index (χ1n) is 8.08. The van der Waals surface area contributed by atoms with Gasteiger partial charge in [-0.05, 0) is 36.8 Å². The summed E-state index contributed by atoms with van der Waals surface area (Å²) in [5.74, 6) is 0.431. The molecule has 0 bridgehead atoms. The monoisotopic (exact) mass is 338 g/mol. The van der Waals surface area contributed by atoms with Crippen molar-refractivity contribution in [1.82, 2.24) is 19.9 Å². The Labute approximate surface area is 145 Å². The van der Waals surface area contributed by atoms with Crippen LogP contribution >= 0.6 is 0 Å². The van der Waals surface area contributed by atoms with Gasteiger partial charge in [-0.2, -0.15) is 0 Å². The van der Waals surface area contributed by atoms with Gasteiger partial charge in [0.05, 0.1) is 0 Å². The van der Waals surface area contributed by atoms with E-state index in [-0.39, 0.29) is 11.7 Å². The second-order valence-electron chi connectivity index (χ2n) is 5.75. The summed E-state index contributed by atoms with van der Waals surface area (Å²) in [7, 11) is 0. The summed E-state index contributed by atoms with van der Waals surface area (Å²) < 4.78 is 15.1. The third-order valence-corrected chi connectivity index (χ3v) is 3.92. The van der Waals surface area contributed by atoms with Crippen molar-refractivity contribution in [2.45, 2.75) is 19.9 Å². The Morgan fingerprint density at radius 1 is 1.16 bits per heavy atom. The number of rotatable bonds is 6. The van der Waals surface area contributed by atoms with Crippen LogP contribution in [0, 0.1) is 12.7 Å². The van der Waals surface area contributed by atoms with E-state index in [2.05, 4.69) is 19.9 Å². The van der Waals surface area contributed by atoms with Crippen molar-refractivity contribution >= 4 is 5.91 Å². The van der Waals surface area contributed by atoms with Crippen LogP contribution in [0.1, 0.15) is 27.6 Å². The summed E-state index contributed by atoms with van der Waals surface area (Å²) in [6, 6.07) is 11.7. The molecule has 3 rings (SSSR count). The number of nitrogens with one attached hydrogen (secondary N) is 1. The average Bonchev–Trinajstić information content (AvgIpc) is 2.98. The van der Waals surface area contributed by atoms with Crippen LogP contribution in [0.25, 0.3) is 0 Å². The van der Waals surface area contributed by atoms with E-state index in [1.54, 1.807) is 42.7 Å². The molecule has 5 nitrogen and oxygen atoms in total. The number of hydrogen-bond acceptors (Lipinski definition) is 3. The summed E-state index contributed by atoms with van der Waals surface area (Å²) in [6.45, 7) is 3.07. The van der Waals surface area contributed by atoms with Crippen molar-refractivity contribution < 1.29 is 9.18 Å². The van der Waals surface area contributed by atoms with Gasteiger partial charge in [0, 0.05) is 37.6 Å². The van der Waals surface area contributed by atoms with Gasteiger partial charge in [-0.15, -0.1) is 0 Å². The highest BCUT2D eigenvalue weighted by Crippen LogP contribution is 2.11. The normalized spacial score (nSPS) is 10.6. The number of halogens is 1. The Morgan fingerprint density at radius 2 is 1.96 bits per heavy atom. The first-order valence-corrected chi connectivity index (χ1v) is 8.08. The van der Waals surface area contributed by atoms with Crippen LogP contribution in [0.3, 0.4) is 0 Å². The fraction of sp³-hybridized carbons (Fsp3) is 0.211. The Morgan fingerprint density at radius 3 is 2.68 bits per heavy atom. The maximum absolute atomic E-state index is 13.0. The molecule has 0 radical (unpaired) electrons. The molecule has 0 spiro atoms. The van der Waals surface area contributed by atoms with Crippen molar-refractivity contribution in [3.8, 4) is 0 Å². The molecule has 2 heterocycles. The highest BCUT2D eigenvalue weighted by Gasteiger charge is 2.10. The number of aromatic nitrogens is 3. The lowest BCUT2D eigenvalue weighted by molar-refractivity contribution is 0.0949. The van der Waals surface area contributed by atoms with Crippen LogP contribution in [-0.4, -0.2) is 27.0 Å². The Hall–Kier alpha value is -3.02. The molecule has 25 heavy (non-hydrogen) atoms. The SMILES string of the molecule is Cc1cnc(CCNC(=O)c2ccccn2)n1Cc1ccc(F)cc1. The van der Waals surface area contributed by atoms with Gasteiger partial charge in [-0.3, -0.25) is 9.78 Å². The first kappa shape index (κ1) is 16.8. The predicted molar refractivity (Wildman–Crippen MR) is 92.7 cm³/mol. The van der Waals surface area contributed by atoms with Crippen LogP contribution in [0.5, 0.6) is 0 Å². The molecule has 0 aliphatic heterocycles. The summed E-state index contributed by atoms with van der Waals surface area (Å²) in [6.07, 6.45) is 4.00. The zero-order chi connectivity index (χ0) is 17.6. The molecule has 6 heteroatoms. The van der Waals surface area contributed by atoms with E-state index in [4.69, 9.17) is 0 Å². The van der Waals surface area contributed by atoms with Gasteiger partial charge in [0.2, 0.25) is 0 Å². The van der Waals surface area contributed by atoms with E-state index >= 15 is 0 Å². The van der Waals surface area contributed by atoms with E-state index < -0.39 is 0 Å². The lowest BCUT2D eigenvalue weighted by Gasteiger charge is -2.11. The highest BCUT2D eigenvalue weighted by atomic mass is 19.1. The van der Waals surface area contributed by atoms with Crippen molar-refractivity contribution in [2.75, 3.05) is 6.54 Å². The van der Waals surface area contributed by atoms with Gasteiger partial charge >= 0.3 is 0 Å². The van der Waals surface area contributed by atoms with Crippen molar-refractivity contribution in [3.63, 3.8) is 0 Å². The molecule has 0 unspecified atom stereocenters. The van der Waals surface area contributed by atoms with Crippen LogP contribution < -0.4 is 5.32 Å². The number of amides is 1. The molecule has 0 aliphatic rings. The number of carbonyl (C=O) groups is 1. The van der Waals surface area contributed by atoms with Gasteiger partial charge in [0.1, 0.15) is 17.3 Å². The number of pyridine rings is 1. The third-order valence-electron chi connectivity index (χ3n) is 3.92. The quantitative estimate of drug-likeness (QED) is 0.752. The van der Waals surface area contributed by atoms with Gasteiger partial charge in [-0.25, -0.2) is 9.37 Å². The third kappa shape index (κ3) is 4.29. The van der Waals surface area contributed by atoms with Gasteiger partial charge in [0.15, 0.2) is 0 Å². The smallest absolute Gasteiger partial charge is 0.269 e. The molecule has 0 saturated heterocycles. The largest absolute Gasteiger partial charge is 0.350 e. The number of hydrogen-bond donors (Lipinski definition) is 1. The minimum absolute atomic E-state index is 0.200. The zero-order valence-corrected chi connectivity index (χ0v) is 13.9. The molecule has 1 aromatic carbocycles. The summed E-state index contributed by atoms with van der Waals surface area (Å²) >= 11 is 0. The molecule has 0 fully saturated rings. The van der Waals surface area contributed by atoms with Gasteiger partial charge < -0.3 is 9.88 Å². The van der Waals surface area contributed by atoms with Crippen molar-refractivity contribution in [3.05, 3.63) is 83.5 Å². The lowest BCUT2D eigenvalue weighted by Crippen LogP contribution is -2.27. The molecular formula is C19H19FN4O. The Kier molecular flexibility index (Phi) is 5.18. The van der Waals surface area contributed by atoms with Crippen LogP contribution in [0.15, 0.2) is 54.9 Å². The zero-order valence-electron chi connectivity index (χ0n) is 13.9. The highest BCUT2D eigenvalue weighted by molar-refractivity contribution is 5.92. The second kappa shape index (κ2) is 7.70. The molecule has 128 valence electrons. The number of aryl methyl sites for hydroxylation is 1. The fourth-order valence-electron chi connectivity index (χ4n) is 2.57. The van der Waals surface area contributed by atoms with E-state index in [0.29, 0.717) is 25.2 Å². The van der Waals surface area contributed by atoms with Crippen molar-refractivity contribution in [2.24, 2.45) is 0 Å². The van der Waals surface area contributed by atoms with Crippen LogP contribution in [0.4, 0.5) is 4.39 Å². The van der Waals surface area contributed by atoms with E-state index in [1.165, 1.54) is 12.1 Å². The average molecular weight is 338 g/mol. The minimum Gasteiger partial charge on any atom is -0.350 e. The second-order valence-corrected chi connectivity index (χ2v) is 5.75. The minimum atomic E-state index is -0.247. The van der Waals surface area contributed by atoms with Crippen LogP contribution in [0.2, 0.25) is 0 Å². The molecule has 3 aromatic rings. The first-order chi connectivity index (χ1) is 12.1. The molecule has 2 aromatic heterocycles. The van der Waals surface area contributed by atoms with Crippen molar-refractivity contribution in [1.29, 1.82) is 0 Å². The Bertz CT molecular complexity index is 844. The maximum atomic E-state index is 13.0. The van der Waals surface area contributed by atoms with E-state index in [0.717, 1.165) is 17.1 Å². The maximum Gasteiger partial charge on any atom is 0.269 e. The molecule has 0 atom stereocenters. The van der Waals surface area contributed by atoms with Crippen LogP contribution in [-0.2, 0) is 13.0 Å². The summed E-state index contributed by atoms with van der Waals surface area (Å²) in [5.41, 5.74) is 2.42. The number of carbonyl (C=O) groups excluding carboxylic acids is 1. The summed E-state index contributed by atoms with van der Waals surface area (Å²) in [4.78, 5) is 20.5. The lowest BCUT2D eigenvalue weighted by atomic mass is 10.2. The van der Waals surface area contributed by atoms with E-state index in [9.17, 15) is 9.18 Å². The molecule has 1 N–H and O–H groups in total. The van der Waals surface area contributed by atoms with Gasteiger partial charge in [0.25, 0.3) is 5.91 Å². The number of imidazole rings is 1. The van der Waals surface area contributed by atoms with Gasteiger partial charge in [-0.1, -0.05) is 18.2 Å². The molecule has 0 saturated carbocycles. The Balaban J connectivity index is 1.61. The summed E-state index contributed by atoms with van der Waals surface area (Å²) in [5, 5.41) is 2.85. The molecule has 0 aliphatic carbocycles.